The summed E-state index contributed by atoms with van der Waals surface area (Å²) < 4.78 is 0. The molecular weight excluding hydrogens is 174 g/mol. The number of imidazole rings is 1. The van der Waals surface area contributed by atoms with E-state index in [0.717, 1.165) is 18.2 Å². The lowest BCUT2D eigenvalue weighted by molar-refractivity contribution is 0.423. The summed E-state index contributed by atoms with van der Waals surface area (Å²) in [5, 5.41) is 3.59. The molecule has 0 aliphatic heterocycles. The molecule has 78 valence electrons. The van der Waals surface area contributed by atoms with Gasteiger partial charge in [0.25, 0.3) is 0 Å². The van der Waals surface area contributed by atoms with Crippen LogP contribution in [0.5, 0.6) is 0 Å². The van der Waals surface area contributed by atoms with Crippen molar-refractivity contribution in [1.29, 1.82) is 0 Å². The summed E-state index contributed by atoms with van der Waals surface area (Å²) in [5.74, 6) is 0.828. The van der Waals surface area contributed by atoms with E-state index in [1.165, 1.54) is 25.0 Å². The van der Waals surface area contributed by atoms with Crippen LogP contribution in [0.3, 0.4) is 0 Å². The van der Waals surface area contributed by atoms with Gasteiger partial charge in [0.15, 0.2) is 0 Å². The van der Waals surface area contributed by atoms with Crippen LogP contribution in [-0.2, 0) is 6.54 Å². The van der Waals surface area contributed by atoms with Gasteiger partial charge in [0.2, 0.25) is 0 Å². The van der Waals surface area contributed by atoms with Crippen LogP contribution < -0.4 is 5.32 Å². The molecule has 0 amide bonds. The van der Waals surface area contributed by atoms with Crippen molar-refractivity contribution in [3.05, 3.63) is 17.7 Å². The molecule has 2 rings (SSSR count). The minimum Gasteiger partial charge on any atom is -0.348 e. The fourth-order valence-electron chi connectivity index (χ4n) is 2.24. The first-order valence-electron chi connectivity index (χ1n) is 5.49. The number of aromatic amines is 1. The second kappa shape index (κ2) is 4.13. The maximum Gasteiger partial charge on any atom is 0.0925 e. The van der Waals surface area contributed by atoms with Crippen LogP contribution in [0, 0.1) is 12.8 Å². The zero-order chi connectivity index (χ0) is 9.97. The fourth-order valence-corrected chi connectivity index (χ4v) is 2.24. The van der Waals surface area contributed by atoms with Crippen molar-refractivity contribution in [3.63, 3.8) is 0 Å². The molecule has 0 saturated heterocycles. The van der Waals surface area contributed by atoms with Crippen LogP contribution in [0.4, 0.5) is 0 Å². The predicted molar refractivity (Wildman–Crippen MR) is 57.0 cm³/mol. The molecule has 1 heterocycles. The first kappa shape index (κ1) is 9.71. The quantitative estimate of drug-likeness (QED) is 0.770. The number of nitrogens with zero attached hydrogens (tertiary/aromatic N) is 1. The summed E-state index contributed by atoms with van der Waals surface area (Å²) in [4.78, 5) is 7.39. The molecule has 1 aliphatic carbocycles. The van der Waals surface area contributed by atoms with Gasteiger partial charge in [-0.2, -0.15) is 0 Å². The summed E-state index contributed by atoms with van der Waals surface area (Å²) in [7, 11) is 0. The minimum atomic E-state index is 0.700. The Kier molecular flexibility index (Phi) is 2.87. The Balaban J connectivity index is 1.85. The molecule has 0 radical (unpaired) electrons. The van der Waals surface area contributed by atoms with Crippen molar-refractivity contribution in [2.45, 2.75) is 45.7 Å². The first-order chi connectivity index (χ1) is 6.77. The highest BCUT2D eigenvalue weighted by atomic mass is 15.0. The molecule has 2 N–H and O–H groups in total. The predicted octanol–water partition coefficient (Wildman–Crippen LogP) is 2.00. The summed E-state index contributed by atoms with van der Waals surface area (Å²) in [6, 6.07) is 0.700. The van der Waals surface area contributed by atoms with Crippen LogP contribution in [0.15, 0.2) is 6.33 Å². The third-order valence-electron chi connectivity index (χ3n) is 3.33. The van der Waals surface area contributed by atoms with E-state index >= 15 is 0 Å². The molecule has 1 aromatic rings. The van der Waals surface area contributed by atoms with Crippen LogP contribution in [0.25, 0.3) is 0 Å². The van der Waals surface area contributed by atoms with Gasteiger partial charge in [-0.25, -0.2) is 4.98 Å². The highest BCUT2D eigenvalue weighted by Gasteiger charge is 2.22. The van der Waals surface area contributed by atoms with Crippen LogP contribution in [0.1, 0.15) is 37.6 Å². The van der Waals surface area contributed by atoms with Crippen molar-refractivity contribution in [3.8, 4) is 0 Å². The van der Waals surface area contributed by atoms with E-state index in [2.05, 4.69) is 29.1 Å². The van der Waals surface area contributed by atoms with Gasteiger partial charge in [-0.05, 0) is 25.7 Å². The number of aryl methyl sites for hydroxylation is 1. The number of H-pyrrole nitrogens is 1. The molecule has 3 heteroatoms. The second-order valence-electron chi connectivity index (χ2n) is 4.37. The van der Waals surface area contributed by atoms with Crippen LogP contribution in [-0.4, -0.2) is 16.0 Å². The average Bonchev–Trinajstić information content (AvgIpc) is 2.72. The van der Waals surface area contributed by atoms with Crippen molar-refractivity contribution < 1.29 is 0 Å². The number of aromatic nitrogens is 2. The van der Waals surface area contributed by atoms with Crippen LogP contribution in [0.2, 0.25) is 0 Å². The molecule has 2 unspecified atom stereocenters. The number of hydrogen-bond acceptors (Lipinski definition) is 2. The molecule has 1 fully saturated rings. The van der Waals surface area contributed by atoms with Crippen molar-refractivity contribution >= 4 is 0 Å². The van der Waals surface area contributed by atoms with Gasteiger partial charge in [0.1, 0.15) is 0 Å². The van der Waals surface area contributed by atoms with Crippen molar-refractivity contribution in [2.75, 3.05) is 0 Å². The lowest BCUT2D eigenvalue weighted by Crippen LogP contribution is -2.30. The maximum atomic E-state index is 4.28. The number of hydrogen-bond donors (Lipinski definition) is 2. The standard InChI is InChI=1S/C11H19N3/c1-8-4-3-5-10(8)12-6-11-9(2)13-7-14-11/h7-8,10,12H,3-6H2,1-2H3,(H,13,14). The third kappa shape index (κ3) is 1.98. The van der Waals surface area contributed by atoms with Gasteiger partial charge in [-0.1, -0.05) is 13.3 Å². The smallest absolute Gasteiger partial charge is 0.0925 e. The van der Waals surface area contributed by atoms with Gasteiger partial charge in [0.05, 0.1) is 12.0 Å². The number of rotatable bonds is 3. The van der Waals surface area contributed by atoms with Crippen LogP contribution >= 0.6 is 0 Å². The van der Waals surface area contributed by atoms with E-state index in [9.17, 15) is 0 Å². The Hall–Kier alpha value is -0.830. The van der Waals surface area contributed by atoms with E-state index in [0.29, 0.717) is 6.04 Å². The molecule has 14 heavy (non-hydrogen) atoms. The summed E-state index contributed by atoms with van der Waals surface area (Å²) in [6.45, 7) is 5.31. The van der Waals surface area contributed by atoms with Gasteiger partial charge < -0.3 is 10.3 Å². The largest absolute Gasteiger partial charge is 0.348 e. The highest BCUT2D eigenvalue weighted by Crippen LogP contribution is 2.24. The molecule has 2 atom stereocenters. The summed E-state index contributed by atoms with van der Waals surface area (Å²) >= 11 is 0. The van der Waals surface area contributed by atoms with E-state index in [1.54, 1.807) is 6.33 Å². The average molecular weight is 193 g/mol. The lowest BCUT2D eigenvalue weighted by atomic mass is 10.1. The number of nitrogens with one attached hydrogen (secondary N) is 2. The lowest BCUT2D eigenvalue weighted by Gasteiger charge is -2.16. The molecule has 1 aliphatic rings. The third-order valence-corrected chi connectivity index (χ3v) is 3.33. The topological polar surface area (TPSA) is 40.7 Å². The highest BCUT2D eigenvalue weighted by molar-refractivity contribution is 5.08. The Bertz CT molecular complexity index is 292. The van der Waals surface area contributed by atoms with Gasteiger partial charge in [-0.3, -0.25) is 0 Å². The normalized spacial score (nSPS) is 27.0. The van der Waals surface area contributed by atoms with Crippen molar-refractivity contribution in [2.24, 2.45) is 5.92 Å². The SMILES string of the molecule is Cc1[nH]cnc1CNC1CCCC1C. The first-order valence-corrected chi connectivity index (χ1v) is 5.49. The van der Waals surface area contributed by atoms with E-state index in [1.807, 2.05) is 0 Å². The second-order valence-corrected chi connectivity index (χ2v) is 4.37. The Labute approximate surface area is 85.3 Å². The summed E-state index contributed by atoms with van der Waals surface area (Å²) in [5.41, 5.74) is 2.34. The molecule has 1 aromatic heterocycles. The maximum absolute atomic E-state index is 4.28. The molecule has 0 aromatic carbocycles. The molecule has 3 nitrogen and oxygen atoms in total. The van der Waals surface area contributed by atoms with E-state index in [4.69, 9.17) is 0 Å². The molecule has 0 spiro atoms. The van der Waals surface area contributed by atoms with Gasteiger partial charge >= 0.3 is 0 Å². The summed E-state index contributed by atoms with van der Waals surface area (Å²) in [6.07, 6.45) is 5.84. The molecule has 0 bridgehead atoms. The monoisotopic (exact) mass is 193 g/mol. The van der Waals surface area contributed by atoms with E-state index in [-0.39, 0.29) is 0 Å². The molecule has 1 saturated carbocycles. The zero-order valence-corrected chi connectivity index (χ0v) is 9.01. The Morgan fingerprint density at radius 1 is 1.57 bits per heavy atom. The van der Waals surface area contributed by atoms with Gasteiger partial charge in [-0.15, -0.1) is 0 Å². The molecular formula is C11H19N3. The fraction of sp³-hybridized carbons (Fsp3) is 0.727. The van der Waals surface area contributed by atoms with E-state index < -0.39 is 0 Å². The Morgan fingerprint density at radius 3 is 3.00 bits per heavy atom. The van der Waals surface area contributed by atoms with Crippen molar-refractivity contribution in [1.82, 2.24) is 15.3 Å². The minimum absolute atomic E-state index is 0.700. The van der Waals surface area contributed by atoms with Gasteiger partial charge in [0, 0.05) is 18.3 Å². The zero-order valence-electron chi connectivity index (χ0n) is 9.01. The Morgan fingerprint density at radius 2 is 2.43 bits per heavy atom.